The number of rotatable bonds is 9. The van der Waals surface area contributed by atoms with Crippen LogP contribution in [0.1, 0.15) is 76.5 Å². The number of hydrogen-bond donors (Lipinski definition) is 0. The van der Waals surface area contributed by atoms with E-state index in [0.717, 1.165) is 54.3 Å². The maximum Gasteiger partial charge on any atom is 0.145 e. The number of halogens is 2. The van der Waals surface area contributed by atoms with Gasteiger partial charge in [0, 0.05) is 35.7 Å². The van der Waals surface area contributed by atoms with Gasteiger partial charge in [-0.1, -0.05) is 54.7 Å². The van der Waals surface area contributed by atoms with Crippen LogP contribution in [0.25, 0.3) is 11.3 Å². The van der Waals surface area contributed by atoms with E-state index in [4.69, 9.17) is 32.5 Å². The van der Waals surface area contributed by atoms with Gasteiger partial charge in [0.2, 0.25) is 0 Å². The highest BCUT2D eigenvalue weighted by atomic mass is 35.5. The summed E-state index contributed by atoms with van der Waals surface area (Å²) in [5.41, 5.74) is 2.53. The first kappa shape index (κ1) is 22.7. The predicted molar refractivity (Wildman–Crippen MR) is 129 cm³/mol. The van der Waals surface area contributed by atoms with Crippen LogP contribution in [0, 0.1) is 11.8 Å². The number of piperidine rings is 1. The minimum absolute atomic E-state index is 0.307. The predicted octanol–water partition coefficient (Wildman–Crippen LogP) is 7.33. The number of hydrogen-bond acceptors (Lipinski definition) is 4. The molecular weight excluding hydrogens is 443 g/mol. The molecule has 2 aromatic rings. The zero-order valence-corrected chi connectivity index (χ0v) is 20.8. The molecule has 4 nitrogen and oxygen atoms in total. The molecule has 5 atom stereocenters. The van der Waals surface area contributed by atoms with Crippen molar-refractivity contribution in [1.82, 2.24) is 10.1 Å². The van der Waals surface area contributed by atoms with Gasteiger partial charge in [0.05, 0.1) is 22.8 Å². The Morgan fingerprint density at radius 1 is 1.19 bits per heavy atom. The first-order chi connectivity index (χ1) is 15.5. The zero-order chi connectivity index (χ0) is 22.4. The fourth-order valence-electron chi connectivity index (χ4n) is 5.91. The van der Waals surface area contributed by atoms with Gasteiger partial charge in [-0.25, -0.2) is 0 Å². The standard InChI is InChI=1S/C26H34Cl2N2O2/c1-4-6-15(2)16(3)30-13-18-11-19(30)12-23(18)31-14-20-25(29-32-26(20)17-9-10-17)24-21(27)7-5-8-22(24)28/h5,7-8,15-19,23H,4,6,9-14H2,1-3H3/t15-,16?,18+,19+,23-/m1/s1. The van der Waals surface area contributed by atoms with E-state index in [1.807, 2.05) is 18.2 Å². The Morgan fingerprint density at radius 3 is 2.56 bits per heavy atom. The Balaban J connectivity index is 1.29. The molecule has 32 heavy (non-hydrogen) atoms. The molecule has 0 radical (unpaired) electrons. The van der Waals surface area contributed by atoms with Crippen LogP contribution in [-0.4, -0.2) is 34.8 Å². The molecule has 0 spiro atoms. The first-order valence-electron chi connectivity index (χ1n) is 12.3. The van der Waals surface area contributed by atoms with Crippen LogP contribution in [0.2, 0.25) is 10.0 Å². The SMILES string of the molecule is CCC[C@@H](C)C(C)N1C[C@@H]2C[C@H]1C[C@H]2OCc1c(-c2c(Cl)cccc2Cl)noc1C1CC1. The summed E-state index contributed by atoms with van der Waals surface area (Å²) in [6, 6.07) is 6.87. The number of benzene rings is 1. The third-order valence-electron chi connectivity index (χ3n) is 8.02. The van der Waals surface area contributed by atoms with Crippen LogP contribution >= 0.6 is 23.2 Å². The summed E-state index contributed by atoms with van der Waals surface area (Å²) < 4.78 is 12.4. The first-order valence-corrected chi connectivity index (χ1v) is 13.0. The fraction of sp³-hybridized carbons (Fsp3) is 0.654. The Bertz CT molecular complexity index is 937. The smallest absolute Gasteiger partial charge is 0.145 e. The van der Waals surface area contributed by atoms with E-state index in [1.54, 1.807) is 0 Å². The van der Waals surface area contributed by atoms with Crippen molar-refractivity contribution in [1.29, 1.82) is 0 Å². The largest absolute Gasteiger partial charge is 0.373 e. The number of fused-ring (bicyclic) bond motifs is 2. The Hall–Kier alpha value is -1.07. The lowest BCUT2D eigenvalue weighted by molar-refractivity contribution is -0.0213. The van der Waals surface area contributed by atoms with E-state index in [-0.39, 0.29) is 0 Å². The topological polar surface area (TPSA) is 38.5 Å². The van der Waals surface area contributed by atoms with Gasteiger partial charge >= 0.3 is 0 Å². The Kier molecular flexibility index (Phi) is 6.59. The van der Waals surface area contributed by atoms with Gasteiger partial charge < -0.3 is 9.26 Å². The molecular formula is C26H34Cl2N2O2. The zero-order valence-electron chi connectivity index (χ0n) is 19.3. The molecule has 6 heteroatoms. The molecule has 3 aliphatic rings. The van der Waals surface area contributed by atoms with Crippen LogP contribution in [0.4, 0.5) is 0 Å². The van der Waals surface area contributed by atoms with Crippen molar-refractivity contribution in [3.63, 3.8) is 0 Å². The second kappa shape index (κ2) is 9.29. The lowest BCUT2D eigenvalue weighted by Gasteiger charge is -2.38. The lowest BCUT2D eigenvalue weighted by atomic mass is 9.94. The van der Waals surface area contributed by atoms with Crippen LogP contribution in [0.15, 0.2) is 22.7 Å². The fourth-order valence-corrected chi connectivity index (χ4v) is 6.48. The molecule has 2 aliphatic carbocycles. The quantitative estimate of drug-likeness (QED) is 0.379. The van der Waals surface area contributed by atoms with E-state index < -0.39 is 0 Å². The highest BCUT2D eigenvalue weighted by Crippen LogP contribution is 2.47. The van der Waals surface area contributed by atoms with Gasteiger partial charge in [-0.15, -0.1) is 0 Å². The average molecular weight is 477 g/mol. The molecule has 0 N–H and O–H groups in total. The van der Waals surface area contributed by atoms with E-state index in [0.29, 0.717) is 46.7 Å². The Morgan fingerprint density at radius 2 is 1.94 bits per heavy atom. The van der Waals surface area contributed by atoms with Gasteiger partial charge in [0.15, 0.2) is 0 Å². The third kappa shape index (κ3) is 4.24. The summed E-state index contributed by atoms with van der Waals surface area (Å²) in [5, 5.41) is 5.60. The maximum absolute atomic E-state index is 6.56. The second-order valence-corrected chi connectivity index (χ2v) is 11.0. The molecule has 1 unspecified atom stereocenters. The van der Waals surface area contributed by atoms with Gasteiger partial charge in [0.1, 0.15) is 11.5 Å². The van der Waals surface area contributed by atoms with Gasteiger partial charge in [0.25, 0.3) is 0 Å². The van der Waals surface area contributed by atoms with Crippen molar-refractivity contribution in [2.75, 3.05) is 6.54 Å². The molecule has 3 fully saturated rings. The molecule has 174 valence electrons. The molecule has 1 aromatic heterocycles. The van der Waals surface area contributed by atoms with Crippen molar-refractivity contribution in [2.45, 2.75) is 90.0 Å². The van der Waals surface area contributed by atoms with E-state index in [9.17, 15) is 0 Å². The molecule has 1 saturated heterocycles. The summed E-state index contributed by atoms with van der Waals surface area (Å²) in [6.45, 7) is 8.78. The monoisotopic (exact) mass is 476 g/mol. The molecule has 1 aliphatic heterocycles. The van der Waals surface area contributed by atoms with E-state index >= 15 is 0 Å². The van der Waals surface area contributed by atoms with E-state index in [1.165, 1.54) is 19.3 Å². The average Bonchev–Trinajstić information content (AvgIpc) is 3.23. The normalized spacial score (nSPS) is 27.2. The highest BCUT2D eigenvalue weighted by Gasteiger charge is 2.47. The summed E-state index contributed by atoms with van der Waals surface area (Å²) >= 11 is 13.0. The Labute approximate surface area is 201 Å². The molecule has 2 bridgehead atoms. The number of likely N-dealkylation sites (tertiary alicyclic amines) is 1. The minimum atomic E-state index is 0.307. The minimum Gasteiger partial charge on any atom is -0.373 e. The van der Waals surface area contributed by atoms with Crippen molar-refractivity contribution in [2.24, 2.45) is 11.8 Å². The summed E-state index contributed by atoms with van der Waals surface area (Å²) in [6.07, 6.45) is 7.56. The van der Waals surface area contributed by atoms with Gasteiger partial charge in [-0.05, 0) is 63.0 Å². The molecule has 0 amide bonds. The number of nitrogens with zero attached hydrogens (tertiary/aromatic N) is 2. The highest BCUT2D eigenvalue weighted by molar-refractivity contribution is 6.39. The molecule has 2 saturated carbocycles. The summed E-state index contributed by atoms with van der Waals surface area (Å²) in [5.74, 6) is 2.78. The van der Waals surface area contributed by atoms with Crippen molar-refractivity contribution in [3.8, 4) is 11.3 Å². The summed E-state index contributed by atoms with van der Waals surface area (Å²) in [7, 11) is 0. The second-order valence-electron chi connectivity index (χ2n) is 10.2. The lowest BCUT2D eigenvalue weighted by Crippen LogP contribution is -2.46. The number of ether oxygens (including phenoxy) is 1. The maximum atomic E-state index is 6.56. The third-order valence-corrected chi connectivity index (χ3v) is 8.65. The van der Waals surface area contributed by atoms with Crippen LogP contribution in [0.3, 0.4) is 0 Å². The van der Waals surface area contributed by atoms with E-state index in [2.05, 4.69) is 30.8 Å². The molecule has 2 heterocycles. The van der Waals surface area contributed by atoms with Crippen molar-refractivity contribution in [3.05, 3.63) is 39.6 Å². The summed E-state index contributed by atoms with van der Waals surface area (Å²) in [4.78, 5) is 2.74. The van der Waals surface area contributed by atoms with Crippen LogP contribution in [0.5, 0.6) is 0 Å². The molecule has 5 rings (SSSR count). The number of aromatic nitrogens is 1. The van der Waals surface area contributed by atoms with Crippen molar-refractivity contribution < 1.29 is 9.26 Å². The van der Waals surface area contributed by atoms with Gasteiger partial charge in [-0.2, -0.15) is 0 Å². The molecule has 1 aromatic carbocycles. The van der Waals surface area contributed by atoms with Crippen molar-refractivity contribution >= 4 is 23.2 Å². The van der Waals surface area contributed by atoms with Crippen LogP contribution < -0.4 is 0 Å². The van der Waals surface area contributed by atoms with Gasteiger partial charge in [-0.3, -0.25) is 4.90 Å². The van der Waals surface area contributed by atoms with Crippen LogP contribution in [-0.2, 0) is 11.3 Å².